The molecular formula is C10H15N3O3. The van der Waals surface area contributed by atoms with Gasteiger partial charge in [-0.3, -0.25) is 4.79 Å². The fourth-order valence-corrected chi connectivity index (χ4v) is 1.81. The van der Waals surface area contributed by atoms with Gasteiger partial charge in [-0.25, -0.2) is 4.79 Å². The van der Waals surface area contributed by atoms with Gasteiger partial charge in [-0.15, -0.1) is 0 Å². The first-order valence-electron chi connectivity index (χ1n) is 5.22. The van der Waals surface area contributed by atoms with Crippen molar-refractivity contribution in [2.24, 2.45) is 5.73 Å². The lowest BCUT2D eigenvalue weighted by Gasteiger charge is -2.46. The Morgan fingerprint density at radius 3 is 2.75 bits per heavy atom. The summed E-state index contributed by atoms with van der Waals surface area (Å²) in [5.74, 6) is -1.06. The predicted molar refractivity (Wildman–Crippen MR) is 54.9 cm³/mol. The van der Waals surface area contributed by atoms with Crippen molar-refractivity contribution >= 4 is 11.9 Å². The fourth-order valence-electron chi connectivity index (χ4n) is 1.81. The topological polar surface area (TPSA) is 96.4 Å². The lowest BCUT2D eigenvalue weighted by molar-refractivity contribution is -0.164. The second kappa shape index (κ2) is 4.94. The van der Waals surface area contributed by atoms with Crippen molar-refractivity contribution in [2.45, 2.75) is 38.4 Å². The summed E-state index contributed by atoms with van der Waals surface area (Å²) in [5.41, 5.74) is 5.58. The van der Waals surface area contributed by atoms with Gasteiger partial charge in [0.25, 0.3) is 0 Å². The number of likely N-dealkylation sites (tertiary alicyclic amines) is 1. The third-order valence-electron chi connectivity index (χ3n) is 2.64. The highest BCUT2D eigenvalue weighted by molar-refractivity contribution is 5.94. The first-order valence-corrected chi connectivity index (χ1v) is 5.22. The molecule has 1 aliphatic heterocycles. The summed E-state index contributed by atoms with van der Waals surface area (Å²) in [5, 5.41) is 8.89. The van der Waals surface area contributed by atoms with Crippen LogP contribution in [0, 0.1) is 11.3 Å². The summed E-state index contributed by atoms with van der Waals surface area (Å²) in [6.45, 7) is 3.68. The quantitative estimate of drug-likeness (QED) is 0.508. The van der Waals surface area contributed by atoms with Crippen molar-refractivity contribution in [1.82, 2.24) is 4.90 Å². The van der Waals surface area contributed by atoms with Gasteiger partial charge in [0.15, 0.2) is 0 Å². The molecule has 0 aliphatic carbocycles. The van der Waals surface area contributed by atoms with Crippen molar-refractivity contribution in [1.29, 1.82) is 5.26 Å². The van der Waals surface area contributed by atoms with Crippen LogP contribution in [0.1, 0.15) is 20.3 Å². The normalized spacial score (nSPS) is 25.6. The van der Waals surface area contributed by atoms with E-state index in [1.807, 2.05) is 6.92 Å². The number of carbonyl (C=O) groups excluding carboxylic acids is 2. The predicted octanol–water partition coefficient (Wildman–Crippen LogP) is -0.610. The van der Waals surface area contributed by atoms with Crippen molar-refractivity contribution in [3.8, 4) is 6.07 Å². The molecule has 0 saturated carbocycles. The molecule has 3 atom stereocenters. The largest absolute Gasteiger partial charge is 0.464 e. The number of rotatable bonds is 4. The second-order valence-electron chi connectivity index (χ2n) is 3.53. The van der Waals surface area contributed by atoms with E-state index < -0.39 is 18.1 Å². The minimum Gasteiger partial charge on any atom is -0.464 e. The molecule has 0 aromatic heterocycles. The summed E-state index contributed by atoms with van der Waals surface area (Å²) in [7, 11) is 0. The standard InChI is InChI=1S/C10H15N3O3/c1-3-6-8(12)9(14)13(6)7(5-11)10(15)16-4-2/h6-8H,3-4,12H2,1-2H3. The Hall–Kier alpha value is -1.61. The van der Waals surface area contributed by atoms with Gasteiger partial charge in [0.1, 0.15) is 6.04 Å². The molecule has 0 aromatic rings. The summed E-state index contributed by atoms with van der Waals surface area (Å²) < 4.78 is 4.73. The molecule has 0 spiro atoms. The van der Waals surface area contributed by atoms with Crippen molar-refractivity contribution in [3.63, 3.8) is 0 Å². The van der Waals surface area contributed by atoms with Crippen molar-refractivity contribution < 1.29 is 14.3 Å². The van der Waals surface area contributed by atoms with Gasteiger partial charge < -0.3 is 15.4 Å². The van der Waals surface area contributed by atoms with Crippen LogP contribution in [0.4, 0.5) is 0 Å². The molecule has 1 amide bonds. The Labute approximate surface area is 93.9 Å². The Kier molecular flexibility index (Phi) is 3.85. The van der Waals surface area contributed by atoms with E-state index in [1.165, 1.54) is 4.90 Å². The summed E-state index contributed by atoms with van der Waals surface area (Å²) in [6.07, 6.45) is 0.616. The second-order valence-corrected chi connectivity index (χ2v) is 3.53. The minimum atomic E-state index is -1.17. The number of carbonyl (C=O) groups is 2. The maximum absolute atomic E-state index is 11.5. The van der Waals surface area contributed by atoms with Gasteiger partial charge in [-0.1, -0.05) is 6.92 Å². The maximum atomic E-state index is 11.5. The minimum absolute atomic E-state index is 0.182. The van der Waals surface area contributed by atoms with Crippen molar-refractivity contribution in [3.05, 3.63) is 0 Å². The van der Waals surface area contributed by atoms with Gasteiger partial charge in [-0.2, -0.15) is 5.26 Å². The number of amides is 1. The van der Waals surface area contributed by atoms with Crippen LogP contribution in [0.5, 0.6) is 0 Å². The van der Waals surface area contributed by atoms with E-state index in [0.29, 0.717) is 6.42 Å². The molecule has 88 valence electrons. The number of nitrogens with two attached hydrogens (primary N) is 1. The summed E-state index contributed by atoms with van der Waals surface area (Å²) >= 11 is 0. The first kappa shape index (κ1) is 12.5. The number of hydrogen-bond donors (Lipinski definition) is 1. The molecule has 16 heavy (non-hydrogen) atoms. The highest BCUT2D eigenvalue weighted by atomic mass is 16.5. The SMILES string of the molecule is CCOC(=O)C(C#N)N1C(=O)C(N)C1CC. The lowest BCUT2D eigenvalue weighted by atomic mass is 9.91. The zero-order chi connectivity index (χ0) is 12.3. The highest BCUT2D eigenvalue weighted by Gasteiger charge is 2.49. The molecule has 1 saturated heterocycles. The highest BCUT2D eigenvalue weighted by Crippen LogP contribution is 2.24. The van der Waals surface area contributed by atoms with E-state index in [-0.39, 0.29) is 18.6 Å². The van der Waals surface area contributed by atoms with E-state index >= 15 is 0 Å². The Morgan fingerprint density at radius 1 is 1.69 bits per heavy atom. The van der Waals surface area contributed by atoms with Gasteiger partial charge in [-0.05, 0) is 13.3 Å². The van der Waals surface area contributed by atoms with Gasteiger partial charge >= 0.3 is 5.97 Å². The van der Waals surface area contributed by atoms with Crippen LogP contribution in [0.15, 0.2) is 0 Å². The first-order chi connectivity index (χ1) is 7.58. The number of esters is 1. The zero-order valence-corrected chi connectivity index (χ0v) is 9.34. The number of β-lactam (4-membered cyclic amide) rings is 1. The molecule has 1 fully saturated rings. The third-order valence-corrected chi connectivity index (χ3v) is 2.64. The average Bonchev–Trinajstić information content (AvgIpc) is 2.28. The van der Waals surface area contributed by atoms with Crippen LogP contribution >= 0.6 is 0 Å². The zero-order valence-electron chi connectivity index (χ0n) is 9.34. The average molecular weight is 225 g/mol. The fraction of sp³-hybridized carbons (Fsp3) is 0.700. The molecule has 1 aliphatic rings. The lowest BCUT2D eigenvalue weighted by Crippen LogP contribution is -2.72. The monoisotopic (exact) mass is 225 g/mol. The van der Waals surface area contributed by atoms with Gasteiger partial charge in [0.05, 0.1) is 18.7 Å². The molecule has 0 radical (unpaired) electrons. The summed E-state index contributed by atoms with van der Waals surface area (Å²) in [6, 6.07) is -0.241. The van der Waals surface area contributed by atoms with Gasteiger partial charge in [0.2, 0.25) is 11.9 Å². The van der Waals surface area contributed by atoms with Crippen LogP contribution in [-0.2, 0) is 14.3 Å². The van der Waals surface area contributed by atoms with Crippen LogP contribution in [0.25, 0.3) is 0 Å². The molecule has 1 rings (SSSR count). The molecule has 6 nitrogen and oxygen atoms in total. The number of hydrogen-bond acceptors (Lipinski definition) is 5. The van der Waals surface area contributed by atoms with E-state index in [4.69, 9.17) is 15.7 Å². The molecular weight excluding hydrogens is 210 g/mol. The molecule has 1 heterocycles. The molecule has 2 N–H and O–H groups in total. The van der Waals surface area contributed by atoms with E-state index in [9.17, 15) is 9.59 Å². The van der Waals surface area contributed by atoms with Gasteiger partial charge in [0, 0.05) is 0 Å². The van der Waals surface area contributed by atoms with Crippen molar-refractivity contribution in [2.75, 3.05) is 6.61 Å². The molecule has 6 heteroatoms. The van der Waals surface area contributed by atoms with Crippen LogP contribution in [0.3, 0.4) is 0 Å². The van der Waals surface area contributed by atoms with E-state index in [1.54, 1.807) is 13.0 Å². The number of nitrogens with zero attached hydrogens (tertiary/aromatic N) is 2. The van der Waals surface area contributed by atoms with Crippen LogP contribution in [-0.4, -0.2) is 41.5 Å². The molecule has 3 unspecified atom stereocenters. The number of ether oxygens (including phenoxy) is 1. The van der Waals surface area contributed by atoms with Crippen LogP contribution in [0.2, 0.25) is 0 Å². The third kappa shape index (κ3) is 1.86. The molecule has 0 bridgehead atoms. The van der Waals surface area contributed by atoms with E-state index in [2.05, 4.69) is 0 Å². The van der Waals surface area contributed by atoms with Crippen LogP contribution < -0.4 is 5.73 Å². The Morgan fingerprint density at radius 2 is 2.31 bits per heavy atom. The Balaban J connectivity index is 2.78. The van der Waals surface area contributed by atoms with E-state index in [0.717, 1.165) is 0 Å². The molecule has 0 aromatic carbocycles. The number of nitriles is 1. The smallest absolute Gasteiger partial charge is 0.343 e. The Bertz CT molecular complexity index is 337. The maximum Gasteiger partial charge on any atom is 0.343 e. The summed E-state index contributed by atoms with van der Waals surface area (Å²) in [4.78, 5) is 24.1.